The SMILES string of the molecule is CC(CCl)CS(=O)(=O)Nc1ccc(N2CCCC2)c(F)c1. The lowest BCUT2D eigenvalue weighted by Gasteiger charge is -2.19. The first-order valence-corrected chi connectivity index (χ1v) is 9.21. The zero-order valence-corrected chi connectivity index (χ0v) is 13.6. The van der Waals surface area contributed by atoms with Crippen LogP contribution in [0.3, 0.4) is 0 Å². The molecule has 1 atom stereocenters. The van der Waals surface area contributed by atoms with Crippen LogP contribution in [0.1, 0.15) is 19.8 Å². The van der Waals surface area contributed by atoms with E-state index in [1.165, 1.54) is 6.07 Å². The van der Waals surface area contributed by atoms with Crippen LogP contribution in [0.15, 0.2) is 18.2 Å². The fraction of sp³-hybridized carbons (Fsp3) is 0.571. The van der Waals surface area contributed by atoms with Crippen molar-refractivity contribution in [2.45, 2.75) is 19.8 Å². The molecule has 0 spiro atoms. The molecule has 2 rings (SSSR count). The fourth-order valence-corrected chi connectivity index (χ4v) is 4.10. The molecule has 0 aromatic heterocycles. The first-order valence-electron chi connectivity index (χ1n) is 7.02. The summed E-state index contributed by atoms with van der Waals surface area (Å²) in [5.41, 5.74) is 0.779. The van der Waals surface area contributed by atoms with E-state index in [0.717, 1.165) is 25.9 Å². The second kappa shape index (κ2) is 6.83. The summed E-state index contributed by atoms with van der Waals surface area (Å²) < 4.78 is 40.3. The topological polar surface area (TPSA) is 49.4 Å². The summed E-state index contributed by atoms with van der Waals surface area (Å²) >= 11 is 5.62. The van der Waals surface area contributed by atoms with Gasteiger partial charge in [0.05, 0.1) is 17.1 Å². The van der Waals surface area contributed by atoms with Gasteiger partial charge in [-0.15, -0.1) is 11.6 Å². The highest BCUT2D eigenvalue weighted by molar-refractivity contribution is 7.92. The molecule has 118 valence electrons. The third-order valence-corrected chi connectivity index (χ3v) is 5.52. The van der Waals surface area contributed by atoms with E-state index in [2.05, 4.69) is 4.72 Å². The number of anilines is 2. The number of nitrogens with one attached hydrogen (secondary N) is 1. The Morgan fingerprint density at radius 2 is 2.05 bits per heavy atom. The van der Waals surface area contributed by atoms with E-state index in [0.29, 0.717) is 5.69 Å². The zero-order valence-electron chi connectivity index (χ0n) is 12.0. The maximum atomic E-state index is 14.1. The second-order valence-electron chi connectivity index (χ2n) is 5.50. The fourth-order valence-electron chi connectivity index (χ4n) is 2.43. The molecular formula is C14H20ClFN2O2S. The number of rotatable bonds is 6. The van der Waals surface area contributed by atoms with Crippen molar-refractivity contribution in [1.29, 1.82) is 0 Å². The average Bonchev–Trinajstić information content (AvgIpc) is 2.91. The second-order valence-corrected chi connectivity index (χ2v) is 7.58. The number of hydrogen-bond acceptors (Lipinski definition) is 3. The molecule has 1 aromatic rings. The summed E-state index contributed by atoms with van der Waals surface area (Å²) in [4.78, 5) is 1.98. The van der Waals surface area contributed by atoms with E-state index >= 15 is 0 Å². The monoisotopic (exact) mass is 334 g/mol. The van der Waals surface area contributed by atoms with Crippen molar-refractivity contribution in [3.63, 3.8) is 0 Å². The van der Waals surface area contributed by atoms with Gasteiger partial charge in [-0.1, -0.05) is 6.92 Å². The Hall–Kier alpha value is -1.01. The van der Waals surface area contributed by atoms with Crippen LogP contribution in [-0.4, -0.2) is 33.1 Å². The number of alkyl halides is 1. The highest BCUT2D eigenvalue weighted by Gasteiger charge is 2.18. The Labute approximate surface area is 130 Å². The number of halogens is 2. The van der Waals surface area contributed by atoms with Crippen LogP contribution in [0, 0.1) is 11.7 Å². The molecule has 1 aliphatic heterocycles. The standard InChI is InChI=1S/C14H20ClFN2O2S/c1-11(9-15)10-21(19,20)17-12-4-5-14(13(16)8-12)18-6-2-3-7-18/h4-5,8,11,17H,2-3,6-7,9-10H2,1H3. The molecule has 0 amide bonds. The summed E-state index contributed by atoms with van der Waals surface area (Å²) in [6.45, 7) is 3.44. The third kappa shape index (κ3) is 4.48. The van der Waals surface area contributed by atoms with E-state index in [4.69, 9.17) is 11.6 Å². The molecule has 0 aliphatic carbocycles. The molecule has 0 bridgehead atoms. The normalized spacial score (nSPS) is 17.0. The lowest BCUT2D eigenvalue weighted by atomic mass is 10.2. The number of benzene rings is 1. The van der Waals surface area contributed by atoms with Crippen molar-refractivity contribution in [3.05, 3.63) is 24.0 Å². The molecule has 1 aliphatic rings. The molecule has 1 N–H and O–H groups in total. The maximum absolute atomic E-state index is 14.1. The lowest BCUT2D eigenvalue weighted by molar-refractivity contribution is 0.588. The van der Waals surface area contributed by atoms with Gasteiger partial charge >= 0.3 is 0 Å². The summed E-state index contributed by atoms with van der Waals surface area (Å²) in [7, 11) is -3.51. The van der Waals surface area contributed by atoms with Crippen LogP contribution >= 0.6 is 11.6 Å². The molecule has 21 heavy (non-hydrogen) atoms. The summed E-state index contributed by atoms with van der Waals surface area (Å²) in [6.07, 6.45) is 2.12. The van der Waals surface area contributed by atoms with Crippen molar-refractivity contribution < 1.29 is 12.8 Å². The van der Waals surface area contributed by atoms with Crippen LogP contribution < -0.4 is 9.62 Å². The minimum absolute atomic E-state index is 0.0774. The summed E-state index contributed by atoms with van der Waals surface area (Å²) in [5.74, 6) is -0.366. The van der Waals surface area contributed by atoms with Gasteiger partial charge in [-0.05, 0) is 30.9 Å². The van der Waals surface area contributed by atoms with Crippen molar-refractivity contribution >= 4 is 33.0 Å². The molecule has 7 heteroatoms. The predicted octanol–water partition coefficient (Wildman–Crippen LogP) is 3.04. The minimum atomic E-state index is -3.51. The van der Waals surface area contributed by atoms with Gasteiger partial charge in [0.2, 0.25) is 10.0 Å². The zero-order chi connectivity index (χ0) is 15.5. The first-order chi connectivity index (χ1) is 9.91. The Kier molecular flexibility index (Phi) is 5.32. The van der Waals surface area contributed by atoms with Gasteiger partial charge in [-0.2, -0.15) is 0 Å². The van der Waals surface area contributed by atoms with Crippen LogP contribution in [0.2, 0.25) is 0 Å². The van der Waals surface area contributed by atoms with Gasteiger partial charge < -0.3 is 4.90 Å². The molecule has 0 saturated carbocycles. The van der Waals surface area contributed by atoms with Crippen molar-refractivity contribution in [2.75, 3.05) is 34.3 Å². The number of sulfonamides is 1. The average molecular weight is 335 g/mol. The van der Waals surface area contributed by atoms with Gasteiger partial charge in [0.15, 0.2) is 0 Å². The van der Waals surface area contributed by atoms with Crippen molar-refractivity contribution in [2.24, 2.45) is 5.92 Å². The molecule has 4 nitrogen and oxygen atoms in total. The maximum Gasteiger partial charge on any atom is 0.233 e. The van der Waals surface area contributed by atoms with E-state index < -0.39 is 15.8 Å². The molecule has 0 radical (unpaired) electrons. The van der Waals surface area contributed by atoms with Crippen LogP contribution in [0.5, 0.6) is 0 Å². The molecule has 1 aromatic carbocycles. The highest BCUT2D eigenvalue weighted by Crippen LogP contribution is 2.26. The van der Waals surface area contributed by atoms with E-state index in [9.17, 15) is 12.8 Å². The van der Waals surface area contributed by atoms with Crippen molar-refractivity contribution in [3.8, 4) is 0 Å². The molecule has 1 unspecified atom stereocenters. The van der Waals surface area contributed by atoms with Crippen LogP contribution in [-0.2, 0) is 10.0 Å². The molecule has 1 saturated heterocycles. The van der Waals surface area contributed by atoms with Gasteiger partial charge in [-0.25, -0.2) is 12.8 Å². The smallest absolute Gasteiger partial charge is 0.233 e. The number of nitrogens with zero attached hydrogens (tertiary/aromatic N) is 1. The van der Waals surface area contributed by atoms with Gasteiger partial charge in [0.1, 0.15) is 5.82 Å². The quantitative estimate of drug-likeness (QED) is 0.813. The predicted molar refractivity (Wildman–Crippen MR) is 85.1 cm³/mol. The molecule has 1 fully saturated rings. The summed E-state index contributed by atoms with van der Waals surface area (Å²) in [6, 6.07) is 4.46. The Bertz CT molecular complexity index is 589. The van der Waals surface area contributed by atoms with E-state index in [1.807, 2.05) is 4.90 Å². The Morgan fingerprint density at radius 1 is 1.38 bits per heavy atom. The largest absolute Gasteiger partial charge is 0.369 e. The first kappa shape index (κ1) is 16.4. The Balaban J connectivity index is 2.09. The van der Waals surface area contributed by atoms with Gasteiger partial charge in [0, 0.05) is 25.0 Å². The van der Waals surface area contributed by atoms with Gasteiger partial charge in [0.25, 0.3) is 0 Å². The lowest BCUT2D eigenvalue weighted by Crippen LogP contribution is -2.22. The van der Waals surface area contributed by atoms with Crippen LogP contribution in [0.25, 0.3) is 0 Å². The van der Waals surface area contributed by atoms with Crippen LogP contribution in [0.4, 0.5) is 15.8 Å². The van der Waals surface area contributed by atoms with E-state index in [-0.39, 0.29) is 23.2 Å². The molecular weight excluding hydrogens is 315 g/mol. The van der Waals surface area contributed by atoms with Gasteiger partial charge in [-0.3, -0.25) is 4.72 Å². The number of hydrogen-bond donors (Lipinski definition) is 1. The Morgan fingerprint density at radius 3 is 2.62 bits per heavy atom. The summed E-state index contributed by atoms with van der Waals surface area (Å²) in [5, 5.41) is 0. The van der Waals surface area contributed by atoms with Crippen molar-refractivity contribution in [1.82, 2.24) is 0 Å². The minimum Gasteiger partial charge on any atom is -0.369 e. The highest BCUT2D eigenvalue weighted by atomic mass is 35.5. The van der Waals surface area contributed by atoms with E-state index in [1.54, 1.807) is 19.1 Å². The third-order valence-electron chi connectivity index (χ3n) is 3.44. The molecule has 1 heterocycles.